The molecule has 0 aromatic rings. The highest BCUT2D eigenvalue weighted by Crippen LogP contribution is 2.33. The van der Waals surface area contributed by atoms with Gasteiger partial charge in [0.15, 0.2) is 0 Å². The van der Waals surface area contributed by atoms with Gasteiger partial charge < -0.3 is 36.2 Å². The molecule has 49 heavy (non-hydrogen) atoms. The van der Waals surface area contributed by atoms with Crippen molar-refractivity contribution in [3.8, 4) is 0 Å². The van der Waals surface area contributed by atoms with Crippen LogP contribution in [0.2, 0.25) is 0 Å². The van der Waals surface area contributed by atoms with E-state index in [9.17, 15) is 28.8 Å². The van der Waals surface area contributed by atoms with E-state index >= 15 is 0 Å². The topological polar surface area (TPSA) is 175 Å². The number of hydrogen-bond donors (Lipinski definition) is 5. The summed E-state index contributed by atoms with van der Waals surface area (Å²) in [5.41, 5.74) is -0.475. The molecule has 1 saturated carbocycles. The molecule has 1 heterocycles. The van der Waals surface area contributed by atoms with E-state index in [-0.39, 0.29) is 49.3 Å². The smallest absolute Gasteiger partial charge is 0.407 e. The highest BCUT2D eigenvalue weighted by Gasteiger charge is 2.45. The van der Waals surface area contributed by atoms with Gasteiger partial charge in [-0.3, -0.25) is 19.2 Å². The van der Waals surface area contributed by atoms with Gasteiger partial charge in [0.2, 0.25) is 17.6 Å². The lowest BCUT2D eigenvalue weighted by Crippen LogP contribution is -2.60. The number of hydrogen-bond acceptors (Lipinski definition) is 7. The fraction of sp³-hybridized carbons (Fsp3) is 0.778. The van der Waals surface area contributed by atoms with Gasteiger partial charge in [0.1, 0.15) is 18.7 Å². The lowest BCUT2D eigenvalue weighted by Gasteiger charge is -2.36. The number of likely N-dealkylation sites (tertiary alicyclic amines) is 1. The van der Waals surface area contributed by atoms with Crippen LogP contribution in [-0.4, -0.2) is 90.4 Å². The molecule has 0 spiro atoms. The number of alkyl carbamates (subject to hydrolysis) is 1. The standard InChI is InChI=1S/C36H62N6O7/c1-10-15-26(30(43)32(45)37-18-11-2)39-31(44)27-19-25(22(3)4)20-42(27)33(46)29(24-16-13-12-14-17-24)41-34(47)40-28(36(7,8)9)21-49-35(48)38-23(5)6/h11,22-29H,2,10,12-21H2,1,3-9H3,(H,37,45)(H,38,48)(H,39,44)(H2,40,41,47)/t25-,26?,27?,28?,29?/m1/s1. The van der Waals surface area contributed by atoms with Crippen LogP contribution < -0.4 is 26.6 Å². The quantitative estimate of drug-likeness (QED) is 0.121. The number of ketones is 1. The monoisotopic (exact) mass is 690 g/mol. The van der Waals surface area contributed by atoms with E-state index in [0.717, 1.165) is 32.1 Å². The molecule has 5 N–H and O–H groups in total. The minimum absolute atomic E-state index is 0.0242. The van der Waals surface area contributed by atoms with E-state index < -0.39 is 59.3 Å². The van der Waals surface area contributed by atoms with Gasteiger partial charge >= 0.3 is 12.1 Å². The summed E-state index contributed by atoms with van der Waals surface area (Å²) < 4.78 is 5.40. The fourth-order valence-corrected chi connectivity index (χ4v) is 6.39. The average Bonchev–Trinajstić information content (AvgIpc) is 3.49. The van der Waals surface area contributed by atoms with Crippen LogP contribution in [0.1, 0.15) is 107 Å². The normalized spacial score (nSPS) is 20.2. The summed E-state index contributed by atoms with van der Waals surface area (Å²) in [6.45, 7) is 19.3. The number of rotatable bonds is 16. The molecule has 13 nitrogen and oxygen atoms in total. The molecule has 0 aromatic carbocycles. The third kappa shape index (κ3) is 13.0. The summed E-state index contributed by atoms with van der Waals surface area (Å²) in [6, 6.07) is -4.00. The Bertz CT molecular complexity index is 1160. The molecule has 2 rings (SSSR count). The van der Waals surface area contributed by atoms with Crippen LogP contribution in [0.15, 0.2) is 12.7 Å². The SMILES string of the molecule is C=CCNC(=O)C(=O)C(CCC)NC(=O)C1C[C@@H](C(C)C)CN1C(=O)C(NC(=O)NC(COC(=O)NC(C)C)C(C)(C)C)C1CCCCC1. The number of carbonyl (C=O) groups is 6. The van der Waals surface area contributed by atoms with Gasteiger partial charge in [0, 0.05) is 19.1 Å². The van der Waals surface area contributed by atoms with E-state index in [1.54, 1.807) is 4.90 Å². The molecule has 1 aliphatic carbocycles. The third-order valence-corrected chi connectivity index (χ3v) is 9.52. The number of urea groups is 1. The second kappa shape index (κ2) is 19.5. The average molecular weight is 691 g/mol. The van der Waals surface area contributed by atoms with E-state index in [2.05, 4.69) is 33.2 Å². The highest BCUT2D eigenvalue weighted by atomic mass is 16.5. The summed E-state index contributed by atoms with van der Waals surface area (Å²) in [4.78, 5) is 81.2. The largest absolute Gasteiger partial charge is 0.447 e. The first kappa shape index (κ1) is 41.5. The molecule has 2 aliphatic rings. The molecule has 0 bridgehead atoms. The molecule has 4 unspecified atom stereocenters. The van der Waals surface area contributed by atoms with Crippen LogP contribution in [0.5, 0.6) is 0 Å². The summed E-state index contributed by atoms with van der Waals surface area (Å²) in [7, 11) is 0. The number of carbonyl (C=O) groups excluding carboxylic acids is 6. The predicted octanol–water partition coefficient (Wildman–Crippen LogP) is 3.81. The Morgan fingerprint density at radius 3 is 2.12 bits per heavy atom. The first-order valence-corrected chi connectivity index (χ1v) is 18.0. The van der Waals surface area contributed by atoms with Crippen molar-refractivity contribution in [2.75, 3.05) is 19.7 Å². The summed E-state index contributed by atoms with van der Waals surface area (Å²) in [6.07, 6.45) is 6.51. The van der Waals surface area contributed by atoms with Crippen molar-refractivity contribution in [1.82, 2.24) is 31.5 Å². The van der Waals surface area contributed by atoms with Crippen molar-refractivity contribution in [2.45, 2.75) is 137 Å². The first-order chi connectivity index (χ1) is 23.0. The minimum Gasteiger partial charge on any atom is -0.447 e. The number of Topliss-reactive ketones (excluding diaryl/α,β-unsaturated/α-hetero) is 1. The van der Waals surface area contributed by atoms with Crippen LogP contribution in [0.3, 0.4) is 0 Å². The van der Waals surface area contributed by atoms with Gasteiger partial charge in [-0.2, -0.15) is 0 Å². The summed E-state index contributed by atoms with van der Waals surface area (Å²) in [5.74, 6) is -2.30. The molecule has 0 aromatic heterocycles. The molecular formula is C36H62N6O7. The maximum absolute atomic E-state index is 14.5. The zero-order valence-corrected chi connectivity index (χ0v) is 31.0. The second-order valence-corrected chi connectivity index (χ2v) is 15.3. The third-order valence-electron chi connectivity index (χ3n) is 9.52. The van der Waals surface area contributed by atoms with Crippen molar-refractivity contribution in [3.05, 3.63) is 12.7 Å². The summed E-state index contributed by atoms with van der Waals surface area (Å²) in [5, 5.41) is 13.8. The highest BCUT2D eigenvalue weighted by molar-refractivity contribution is 6.38. The van der Waals surface area contributed by atoms with Crippen LogP contribution in [-0.2, 0) is 23.9 Å². The predicted molar refractivity (Wildman–Crippen MR) is 188 cm³/mol. The Labute approximate surface area is 292 Å². The van der Waals surface area contributed by atoms with Crippen molar-refractivity contribution < 1.29 is 33.5 Å². The van der Waals surface area contributed by atoms with Crippen LogP contribution in [0, 0.1) is 23.2 Å². The van der Waals surface area contributed by atoms with E-state index in [0.29, 0.717) is 19.4 Å². The lowest BCUT2D eigenvalue weighted by atomic mass is 9.83. The fourth-order valence-electron chi connectivity index (χ4n) is 6.39. The molecule has 278 valence electrons. The van der Waals surface area contributed by atoms with Crippen molar-refractivity contribution >= 4 is 35.6 Å². The molecule has 1 aliphatic heterocycles. The second-order valence-electron chi connectivity index (χ2n) is 15.3. The molecule has 2 fully saturated rings. The molecule has 13 heteroatoms. The number of ether oxygens (including phenoxy) is 1. The van der Waals surface area contributed by atoms with E-state index in [4.69, 9.17) is 4.74 Å². The zero-order valence-electron chi connectivity index (χ0n) is 31.0. The number of nitrogens with one attached hydrogen (secondary N) is 5. The van der Waals surface area contributed by atoms with Gasteiger partial charge in [0.25, 0.3) is 5.91 Å². The Balaban J connectivity index is 2.32. The molecule has 6 amide bonds. The Kier molecular flexibility index (Phi) is 16.5. The molecular weight excluding hydrogens is 628 g/mol. The van der Waals surface area contributed by atoms with Crippen molar-refractivity contribution in [1.29, 1.82) is 0 Å². The Morgan fingerprint density at radius 2 is 1.57 bits per heavy atom. The number of nitrogens with zero attached hydrogens (tertiary/aromatic N) is 1. The van der Waals surface area contributed by atoms with Gasteiger partial charge in [-0.25, -0.2) is 9.59 Å². The van der Waals surface area contributed by atoms with Crippen LogP contribution >= 0.6 is 0 Å². The Morgan fingerprint density at radius 1 is 0.918 bits per heavy atom. The van der Waals surface area contributed by atoms with Crippen LogP contribution in [0.25, 0.3) is 0 Å². The van der Waals surface area contributed by atoms with Crippen molar-refractivity contribution in [3.63, 3.8) is 0 Å². The lowest BCUT2D eigenvalue weighted by molar-refractivity contribution is -0.143. The van der Waals surface area contributed by atoms with E-state index in [1.807, 2.05) is 55.4 Å². The molecule has 0 radical (unpaired) electrons. The first-order valence-electron chi connectivity index (χ1n) is 18.0. The van der Waals surface area contributed by atoms with E-state index in [1.165, 1.54) is 6.08 Å². The van der Waals surface area contributed by atoms with Gasteiger partial charge in [-0.1, -0.05) is 73.3 Å². The summed E-state index contributed by atoms with van der Waals surface area (Å²) >= 11 is 0. The minimum atomic E-state index is -1.03. The molecule has 1 saturated heterocycles. The Hall–Kier alpha value is -3.64. The molecule has 5 atom stereocenters. The maximum Gasteiger partial charge on any atom is 0.407 e. The van der Waals surface area contributed by atoms with Gasteiger partial charge in [-0.15, -0.1) is 6.58 Å². The zero-order chi connectivity index (χ0) is 36.9. The number of amides is 6. The van der Waals surface area contributed by atoms with Crippen molar-refractivity contribution in [2.24, 2.45) is 23.2 Å². The van der Waals surface area contributed by atoms with Gasteiger partial charge in [0.05, 0.1) is 12.1 Å². The van der Waals surface area contributed by atoms with Gasteiger partial charge in [-0.05, 0) is 62.7 Å². The van der Waals surface area contributed by atoms with Crippen LogP contribution in [0.4, 0.5) is 9.59 Å². The maximum atomic E-state index is 14.5.